The number of thiophene rings is 1. The van der Waals surface area contributed by atoms with Crippen molar-refractivity contribution in [1.29, 1.82) is 0 Å². The lowest BCUT2D eigenvalue weighted by molar-refractivity contribution is -0.116. The molecular formula is C20H23NO5S2. The smallest absolute Gasteiger partial charge is 0.341 e. The third-order valence-corrected chi connectivity index (χ3v) is 7.76. The zero-order chi connectivity index (χ0) is 20.1. The molecule has 0 aliphatic heterocycles. The summed E-state index contributed by atoms with van der Waals surface area (Å²) in [5, 5.41) is 3.30. The Labute approximate surface area is 168 Å². The van der Waals surface area contributed by atoms with E-state index in [2.05, 4.69) is 5.32 Å². The summed E-state index contributed by atoms with van der Waals surface area (Å²) in [6.45, 7) is 0. The van der Waals surface area contributed by atoms with Crippen molar-refractivity contribution in [2.75, 3.05) is 18.2 Å². The van der Waals surface area contributed by atoms with E-state index in [1.54, 1.807) is 30.3 Å². The number of fused-ring (bicyclic) bond motifs is 1. The first-order valence-electron chi connectivity index (χ1n) is 9.23. The Balaban J connectivity index is 1.64. The fraction of sp³-hybridized carbons (Fsp3) is 0.400. The highest BCUT2D eigenvalue weighted by atomic mass is 32.2. The lowest BCUT2D eigenvalue weighted by atomic mass is 9.95. The molecule has 0 saturated heterocycles. The van der Waals surface area contributed by atoms with Crippen LogP contribution < -0.4 is 5.32 Å². The highest BCUT2D eigenvalue weighted by molar-refractivity contribution is 7.91. The fourth-order valence-corrected chi connectivity index (χ4v) is 5.95. The second-order valence-electron chi connectivity index (χ2n) is 6.69. The fourth-order valence-electron chi connectivity index (χ4n) is 3.33. The highest BCUT2D eigenvalue weighted by Gasteiger charge is 2.27. The molecule has 0 saturated carbocycles. The molecule has 6 nitrogen and oxygen atoms in total. The molecule has 0 spiro atoms. The van der Waals surface area contributed by atoms with Gasteiger partial charge >= 0.3 is 5.97 Å². The number of sulfone groups is 1. The lowest BCUT2D eigenvalue weighted by Crippen LogP contribution is -2.16. The molecule has 1 amide bonds. The van der Waals surface area contributed by atoms with Crippen LogP contribution in [0.2, 0.25) is 0 Å². The van der Waals surface area contributed by atoms with Gasteiger partial charge in [-0.05, 0) is 49.8 Å². The number of esters is 1. The predicted molar refractivity (Wildman–Crippen MR) is 109 cm³/mol. The minimum absolute atomic E-state index is 0.0647. The van der Waals surface area contributed by atoms with E-state index < -0.39 is 15.8 Å². The molecule has 0 bridgehead atoms. The molecule has 8 heteroatoms. The molecular weight excluding hydrogens is 398 g/mol. The number of carbonyl (C=O) groups is 2. The minimum Gasteiger partial charge on any atom is -0.465 e. The van der Waals surface area contributed by atoms with Gasteiger partial charge in [0.2, 0.25) is 5.91 Å². The van der Waals surface area contributed by atoms with E-state index >= 15 is 0 Å². The molecule has 150 valence electrons. The molecule has 1 heterocycles. The van der Waals surface area contributed by atoms with Gasteiger partial charge < -0.3 is 10.1 Å². The van der Waals surface area contributed by atoms with Crippen LogP contribution in [0, 0.1) is 0 Å². The summed E-state index contributed by atoms with van der Waals surface area (Å²) in [6, 6.07) is 8.20. The topological polar surface area (TPSA) is 89.5 Å². The van der Waals surface area contributed by atoms with Gasteiger partial charge in [0.15, 0.2) is 9.84 Å². The van der Waals surface area contributed by atoms with Gasteiger partial charge in [-0.3, -0.25) is 4.79 Å². The number of hydrogen-bond acceptors (Lipinski definition) is 6. The highest BCUT2D eigenvalue weighted by Crippen LogP contribution is 2.38. The first kappa shape index (κ1) is 20.5. The van der Waals surface area contributed by atoms with Crippen LogP contribution in [0.25, 0.3) is 0 Å². The summed E-state index contributed by atoms with van der Waals surface area (Å²) in [5.74, 6) is -0.844. The first-order chi connectivity index (χ1) is 13.4. The maximum atomic E-state index is 12.4. The molecule has 1 N–H and O–H groups in total. The zero-order valence-electron chi connectivity index (χ0n) is 15.7. The van der Waals surface area contributed by atoms with E-state index in [9.17, 15) is 18.0 Å². The molecule has 1 aromatic heterocycles. The molecule has 0 unspecified atom stereocenters. The van der Waals surface area contributed by atoms with Gasteiger partial charge in [0.1, 0.15) is 5.00 Å². The largest absolute Gasteiger partial charge is 0.465 e. The number of carbonyl (C=O) groups excluding carboxylic acids is 2. The summed E-state index contributed by atoms with van der Waals surface area (Å²) < 4.78 is 29.5. The molecule has 1 aliphatic carbocycles. The van der Waals surface area contributed by atoms with Crippen molar-refractivity contribution in [2.45, 2.75) is 43.4 Å². The molecule has 1 aliphatic rings. The Morgan fingerprint density at radius 1 is 1.14 bits per heavy atom. The Kier molecular flexibility index (Phi) is 6.51. The van der Waals surface area contributed by atoms with E-state index in [0.29, 0.717) is 10.6 Å². The van der Waals surface area contributed by atoms with Crippen LogP contribution in [0.4, 0.5) is 5.00 Å². The van der Waals surface area contributed by atoms with Gasteiger partial charge in [-0.2, -0.15) is 0 Å². The number of ether oxygens (including phenoxy) is 1. The summed E-state index contributed by atoms with van der Waals surface area (Å²) in [5.41, 5.74) is 1.43. The van der Waals surface area contributed by atoms with Gasteiger partial charge in [-0.1, -0.05) is 18.2 Å². The van der Waals surface area contributed by atoms with E-state index in [1.165, 1.54) is 18.4 Å². The van der Waals surface area contributed by atoms with Gasteiger partial charge in [0.05, 0.1) is 23.3 Å². The third-order valence-electron chi connectivity index (χ3n) is 4.73. The van der Waals surface area contributed by atoms with Crippen LogP contribution in [0.3, 0.4) is 0 Å². The van der Waals surface area contributed by atoms with Gasteiger partial charge in [-0.15, -0.1) is 11.3 Å². The lowest BCUT2D eigenvalue weighted by Gasteiger charge is -2.11. The Morgan fingerprint density at radius 2 is 1.86 bits per heavy atom. The van der Waals surface area contributed by atoms with Crippen LogP contribution in [0.1, 0.15) is 46.5 Å². The van der Waals surface area contributed by atoms with Crippen LogP contribution in [0.15, 0.2) is 35.2 Å². The molecule has 3 rings (SSSR count). The molecule has 28 heavy (non-hydrogen) atoms. The average molecular weight is 422 g/mol. The molecule has 2 aromatic rings. The summed E-state index contributed by atoms with van der Waals surface area (Å²) in [6.07, 6.45) is 4.06. The van der Waals surface area contributed by atoms with Crippen molar-refractivity contribution in [3.8, 4) is 0 Å². The number of anilines is 1. The Morgan fingerprint density at radius 3 is 2.57 bits per heavy atom. The number of benzene rings is 1. The van der Waals surface area contributed by atoms with Crippen molar-refractivity contribution >= 4 is 38.1 Å². The summed E-state index contributed by atoms with van der Waals surface area (Å²) >= 11 is 1.42. The van der Waals surface area contributed by atoms with Gasteiger partial charge in [0.25, 0.3) is 0 Å². The van der Waals surface area contributed by atoms with E-state index in [-0.39, 0.29) is 29.4 Å². The zero-order valence-corrected chi connectivity index (χ0v) is 17.3. The second kappa shape index (κ2) is 8.87. The number of methoxy groups -OCH3 is 1. The quantitative estimate of drug-likeness (QED) is 0.690. The Hall–Kier alpha value is -2.19. The van der Waals surface area contributed by atoms with E-state index in [4.69, 9.17) is 4.74 Å². The Bertz CT molecular complexity index is 964. The van der Waals surface area contributed by atoms with Gasteiger partial charge in [0, 0.05) is 11.3 Å². The van der Waals surface area contributed by atoms with Crippen molar-refractivity contribution in [2.24, 2.45) is 0 Å². The van der Waals surface area contributed by atoms with E-state index in [0.717, 1.165) is 36.1 Å². The summed E-state index contributed by atoms with van der Waals surface area (Å²) in [4.78, 5) is 25.9. The SMILES string of the molecule is COC(=O)c1c(NC(=O)CCCS(=O)(=O)c2ccccc2)sc2c1CCCC2. The van der Waals surface area contributed by atoms with Crippen LogP contribution in [-0.2, 0) is 32.2 Å². The number of rotatable bonds is 7. The van der Waals surface area contributed by atoms with Crippen molar-refractivity contribution in [3.63, 3.8) is 0 Å². The summed E-state index contributed by atoms with van der Waals surface area (Å²) in [7, 11) is -2.08. The maximum absolute atomic E-state index is 12.4. The van der Waals surface area contributed by atoms with Crippen molar-refractivity contribution in [3.05, 3.63) is 46.3 Å². The monoisotopic (exact) mass is 421 g/mol. The van der Waals surface area contributed by atoms with Crippen LogP contribution in [-0.4, -0.2) is 33.2 Å². The van der Waals surface area contributed by atoms with Crippen molar-refractivity contribution in [1.82, 2.24) is 0 Å². The van der Waals surface area contributed by atoms with E-state index in [1.807, 2.05) is 0 Å². The molecule has 0 atom stereocenters. The van der Waals surface area contributed by atoms with Crippen molar-refractivity contribution < 1.29 is 22.7 Å². The second-order valence-corrected chi connectivity index (χ2v) is 9.90. The first-order valence-corrected chi connectivity index (χ1v) is 11.7. The normalized spacial score (nSPS) is 13.6. The standard InChI is InChI=1S/C20H23NO5S2/c1-26-20(23)18-15-10-5-6-11-16(15)27-19(18)21-17(22)12-7-13-28(24,25)14-8-3-2-4-9-14/h2-4,8-9H,5-7,10-13H2,1H3,(H,21,22). The van der Waals surface area contributed by atoms with Crippen LogP contribution in [0.5, 0.6) is 0 Å². The predicted octanol–water partition coefficient (Wildman–Crippen LogP) is 3.61. The maximum Gasteiger partial charge on any atom is 0.341 e. The third kappa shape index (κ3) is 4.62. The molecule has 1 aromatic carbocycles. The number of amides is 1. The number of hydrogen-bond donors (Lipinski definition) is 1. The molecule has 0 radical (unpaired) electrons. The number of nitrogens with one attached hydrogen (secondary N) is 1. The molecule has 0 fully saturated rings. The van der Waals surface area contributed by atoms with Crippen LogP contribution >= 0.6 is 11.3 Å². The number of aryl methyl sites for hydroxylation is 1. The average Bonchev–Trinajstić information content (AvgIpc) is 3.05. The van der Waals surface area contributed by atoms with Gasteiger partial charge in [-0.25, -0.2) is 13.2 Å². The minimum atomic E-state index is -3.41.